The number of anilines is 1. The molecule has 4 heterocycles. The summed E-state index contributed by atoms with van der Waals surface area (Å²) in [5, 5.41) is 2.20. The topological polar surface area (TPSA) is 60.6 Å². The fourth-order valence-electron chi connectivity index (χ4n) is 4.61. The van der Waals surface area contributed by atoms with E-state index in [1.807, 2.05) is 24.4 Å². The maximum absolute atomic E-state index is 15.3. The van der Waals surface area contributed by atoms with Gasteiger partial charge in [-0.1, -0.05) is 41.9 Å². The molecule has 6 rings (SSSR count). The molecule has 0 saturated heterocycles. The summed E-state index contributed by atoms with van der Waals surface area (Å²) in [6.45, 7) is 0.697. The molecule has 0 unspecified atom stereocenters. The summed E-state index contributed by atoms with van der Waals surface area (Å²) >= 11 is 6.18. The van der Waals surface area contributed by atoms with Gasteiger partial charge >= 0.3 is 0 Å². The second-order valence-electron chi connectivity index (χ2n) is 7.49. The molecule has 5 nitrogen and oxygen atoms in total. The van der Waals surface area contributed by atoms with Gasteiger partial charge in [-0.3, -0.25) is 0 Å². The smallest absolute Gasteiger partial charge is 0.147 e. The number of nitrogens with one attached hydrogen (secondary N) is 2. The van der Waals surface area contributed by atoms with E-state index < -0.39 is 5.82 Å². The summed E-state index contributed by atoms with van der Waals surface area (Å²) in [5.74, 6) is 0.370. The Balaban J connectivity index is 1.63. The average molecular weight is 418 g/mol. The molecule has 2 N–H and O–H groups in total. The molecule has 1 aliphatic rings. The van der Waals surface area contributed by atoms with Crippen LogP contribution in [0, 0.1) is 5.82 Å². The molecule has 1 aliphatic heterocycles. The summed E-state index contributed by atoms with van der Waals surface area (Å²) in [5.41, 5.74) is 4.52. The lowest BCUT2D eigenvalue weighted by atomic mass is 9.92. The standard InChI is InChI=1S/C23H17ClFN5/c24-17-6-3-5-15(19(17)25)21-20-14(13-4-1-2-7-18(13)29-20)9-11-30(21)23-16-8-10-26-22(16)27-12-28-23/h1-8,10,12,21,29H,9,11H2,(H,26,27,28)/t21-/m0/s1. The highest BCUT2D eigenvalue weighted by Crippen LogP contribution is 2.43. The largest absolute Gasteiger partial charge is 0.356 e. The van der Waals surface area contributed by atoms with Crippen LogP contribution in [0.2, 0.25) is 5.02 Å². The number of aromatic amines is 2. The van der Waals surface area contributed by atoms with Crippen LogP contribution in [0.3, 0.4) is 0 Å². The molecule has 5 aromatic rings. The maximum Gasteiger partial charge on any atom is 0.147 e. The van der Waals surface area contributed by atoms with Gasteiger partial charge in [-0.05, 0) is 30.2 Å². The van der Waals surface area contributed by atoms with Crippen molar-refractivity contribution in [2.45, 2.75) is 12.5 Å². The third-order valence-corrected chi connectivity index (χ3v) is 6.21. The SMILES string of the molecule is Fc1c(Cl)cccc1[C@H]1c2[nH]c3ccccc3c2CCN1c1ncnc2[nH]ccc12. The third-order valence-electron chi connectivity index (χ3n) is 5.92. The van der Waals surface area contributed by atoms with E-state index in [9.17, 15) is 0 Å². The zero-order valence-corrected chi connectivity index (χ0v) is 16.6. The summed E-state index contributed by atoms with van der Waals surface area (Å²) in [6.07, 6.45) is 4.21. The van der Waals surface area contributed by atoms with Crippen LogP contribution in [-0.2, 0) is 6.42 Å². The molecule has 1 atom stereocenters. The number of fused-ring (bicyclic) bond motifs is 4. The molecule has 0 radical (unpaired) electrons. The number of nitrogens with zero attached hydrogens (tertiary/aromatic N) is 3. The number of aromatic nitrogens is 4. The molecule has 7 heteroatoms. The summed E-state index contributed by atoms with van der Waals surface area (Å²) < 4.78 is 15.3. The van der Waals surface area contributed by atoms with E-state index in [0.29, 0.717) is 12.1 Å². The Morgan fingerprint density at radius 3 is 2.87 bits per heavy atom. The molecule has 3 aromatic heterocycles. The lowest BCUT2D eigenvalue weighted by Gasteiger charge is -2.37. The maximum atomic E-state index is 15.3. The van der Waals surface area contributed by atoms with Crippen molar-refractivity contribution >= 4 is 39.4 Å². The number of para-hydroxylation sites is 1. The first-order valence-corrected chi connectivity index (χ1v) is 10.2. The zero-order chi connectivity index (χ0) is 20.2. The van der Waals surface area contributed by atoms with E-state index in [0.717, 1.165) is 34.5 Å². The molecule has 0 aliphatic carbocycles. The Morgan fingerprint density at radius 1 is 1.03 bits per heavy atom. The Kier molecular flexibility index (Phi) is 3.83. The lowest BCUT2D eigenvalue weighted by Crippen LogP contribution is -2.37. The molecule has 148 valence electrons. The second-order valence-corrected chi connectivity index (χ2v) is 7.90. The van der Waals surface area contributed by atoms with Crippen molar-refractivity contribution in [3.8, 4) is 0 Å². The first-order chi connectivity index (χ1) is 14.7. The zero-order valence-electron chi connectivity index (χ0n) is 15.9. The van der Waals surface area contributed by atoms with Gasteiger partial charge in [0, 0.05) is 34.9 Å². The van der Waals surface area contributed by atoms with Crippen molar-refractivity contribution < 1.29 is 4.39 Å². The first kappa shape index (κ1) is 17.5. The third kappa shape index (κ3) is 2.47. The summed E-state index contributed by atoms with van der Waals surface area (Å²) in [6, 6.07) is 14.9. The van der Waals surface area contributed by atoms with Crippen molar-refractivity contribution in [2.24, 2.45) is 0 Å². The van der Waals surface area contributed by atoms with Crippen LogP contribution < -0.4 is 4.90 Å². The van der Waals surface area contributed by atoms with Gasteiger partial charge in [0.2, 0.25) is 0 Å². The monoisotopic (exact) mass is 417 g/mol. The summed E-state index contributed by atoms with van der Waals surface area (Å²) in [7, 11) is 0. The van der Waals surface area contributed by atoms with Crippen LogP contribution in [0.5, 0.6) is 0 Å². The highest BCUT2D eigenvalue weighted by atomic mass is 35.5. The number of H-pyrrole nitrogens is 2. The van der Waals surface area contributed by atoms with Crippen molar-refractivity contribution in [2.75, 3.05) is 11.4 Å². The molecule has 0 saturated carbocycles. The number of hydrogen-bond acceptors (Lipinski definition) is 3. The highest BCUT2D eigenvalue weighted by Gasteiger charge is 2.35. The van der Waals surface area contributed by atoms with Crippen molar-refractivity contribution in [1.29, 1.82) is 0 Å². The van der Waals surface area contributed by atoms with E-state index in [2.05, 4.69) is 37.0 Å². The summed E-state index contributed by atoms with van der Waals surface area (Å²) in [4.78, 5) is 17.7. The van der Waals surface area contributed by atoms with Crippen LogP contribution in [0.1, 0.15) is 22.9 Å². The molecule has 0 fully saturated rings. The minimum absolute atomic E-state index is 0.116. The molecule has 0 bridgehead atoms. The van der Waals surface area contributed by atoms with Crippen LogP contribution >= 0.6 is 11.6 Å². The number of halogens is 2. The fraction of sp³-hybridized carbons (Fsp3) is 0.130. The molecular formula is C23H17ClFN5. The Morgan fingerprint density at radius 2 is 1.93 bits per heavy atom. The van der Waals surface area contributed by atoms with Crippen molar-refractivity contribution in [3.05, 3.63) is 88.7 Å². The molecule has 0 spiro atoms. The molecule has 0 amide bonds. The predicted octanol–water partition coefficient (Wildman–Crippen LogP) is 5.38. The van der Waals surface area contributed by atoms with Crippen LogP contribution in [0.25, 0.3) is 21.9 Å². The van der Waals surface area contributed by atoms with Crippen molar-refractivity contribution in [1.82, 2.24) is 19.9 Å². The Bertz CT molecular complexity index is 1410. The minimum Gasteiger partial charge on any atom is -0.356 e. The Labute approximate surface area is 176 Å². The van der Waals surface area contributed by atoms with Gasteiger partial charge in [0.15, 0.2) is 0 Å². The first-order valence-electron chi connectivity index (χ1n) is 9.80. The highest BCUT2D eigenvalue weighted by molar-refractivity contribution is 6.30. The van der Waals surface area contributed by atoms with E-state index in [1.165, 1.54) is 10.9 Å². The molecular weight excluding hydrogens is 401 g/mol. The number of benzene rings is 2. The number of rotatable bonds is 2. The van der Waals surface area contributed by atoms with Gasteiger partial charge in [-0.15, -0.1) is 0 Å². The number of hydrogen-bond donors (Lipinski definition) is 2. The van der Waals surface area contributed by atoms with E-state index in [-0.39, 0.29) is 11.1 Å². The average Bonchev–Trinajstić information content (AvgIpc) is 3.39. The normalized spacial score (nSPS) is 16.3. The van der Waals surface area contributed by atoms with Gasteiger partial charge < -0.3 is 14.9 Å². The van der Waals surface area contributed by atoms with E-state index >= 15 is 4.39 Å². The minimum atomic E-state index is -0.403. The van der Waals surface area contributed by atoms with E-state index in [1.54, 1.807) is 24.5 Å². The van der Waals surface area contributed by atoms with E-state index in [4.69, 9.17) is 11.6 Å². The van der Waals surface area contributed by atoms with Gasteiger partial charge in [0.05, 0.1) is 16.5 Å². The van der Waals surface area contributed by atoms with Crippen molar-refractivity contribution in [3.63, 3.8) is 0 Å². The molecule has 30 heavy (non-hydrogen) atoms. The molecule has 2 aromatic carbocycles. The van der Waals surface area contributed by atoms with Gasteiger partial charge in [-0.25, -0.2) is 14.4 Å². The Hall–Kier alpha value is -3.38. The van der Waals surface area contributed by atoms with Gasteiger partial charge in [-0.2, -0.15) is 0 Å². The quantitative estimate of drug-likeness (QED) is 0.405. The fourth-order valence-corrected chi connectivity index (χ4v) is 4.79. The van der Waals surface area contributed by atoms with Crippen LogP contribution in [0.15, 0.2) is 61.1 Å². The van der Waals surface area contributed by atoms with Crippen LogP contribution in [-0.4, -0.2) is 26.5 Å². The van der Waals surface area contributed by atoms with Gasteiger partial charge in [0.25, 0.3) is 0 Å². The predicted molar refractivity (Wildman–Crippen MR) is 116 cm³/mol. The van der Waals surface area contributed by atoms with Gasteiger partial charge in [0.1, 0.15) is 23.6 Å². The van der Waals surface area contributed by atoms with Crippen LogP contribution in [0.4, 0.5) is 10.2 Å². The lowest BCUT2D eigenvalue weighted by molar-refractivity contribution is 0.567. The second kappa shape index (κ2) is 6.57.